The first-order valence-corrected chi connectivity index (χ1v) is 4.69. The molecular formula is C9H7ClN2O5. The minimum absolute atomic E-state index is 0.132. The average Bonchev–Trinajstić information content (AvgIpc) is 2.23. The monoisotopic (exact) mass is 258 g/mol. The highest BCUT2D eigenvalue weighted by molar-refractivity contribution is 6.31. The van der Waals surface area contributed by atoms with Gasteiger partial charge in [0.15, 0.2) is 0 Å². The fourth-order valence-corrected chi connectivity index (χ4v) is 1.16. The van der Waals surface area contributed by atoms with E-state index < -0.39 is 17.5 Å². The van der Waals surface area contributed by atoms with E-state index in [-0.39, 0.29) is 11.3 Å². The Morgan fingerprint density at radius 1 is 1.65 bits per heavy atom. The van der Waals surface area contributed by atoms with E-state index in [0.29, 0.717) is 5.02 Å². The molecule has 0 heterocycles. The second kappa shape index (κ2) is 5.80. The Balaban J connectivity index is 2.85. The molecule has 1 N–H and O–H groups in total. The van der Waals surface area contributed by atoms with Crippen LogP contribution in [0.25, 0.3) is 0 Å². The van der Waals surface area contributed by atoms with Crippen LogP contribution in [-0.2, 0) is 9.63 Å². The number of halogens is 1. The number of nitro groups is 1. The lowest BCUT2D eigenvalue weighted by molar-refractivity contribution is -0.385. The molecule has 1 aromatic carbocycles. The number of hydrogen-bond donors (Lipinski definition) is 1. The summed E-state index contributed by atoms with van der Waals surface area (Å²) in [7, 11) is 0. The number of benzene rings is 1. The Bertz CT molecular complexity index is 474. The molecule has 0 aliphatic rings. The standard InChI is InChI=1S/C9H7ClN2O5/c10-7-1-2-8(12(15)16)6(3-7)4-11-17-5-9(13)14/h1-4H,5H2,(H,13,14)/b11-4+. The molecule has 17 heavy (non-hydrogen) atoms. The van der Waals surface area contributed by atoms with Gasteiger partial charge in [0.2, 0.25) is 6.61 Å². The number of carboxylic acid groups (broad SMARTS) is 1. The Kier molecular flexibility index (Phi) is 4.41. The van der Waals surface area contributed by atoms with E-state index in [1.807, 2.05) is 0 Å². The average molecular weight is 259 g/mol. The molecule has 8 heteroatoms. The molecule has 1 aromatic rings. The lowest BCUT2D eigenvalue weighted by atomic mass is 10.2. The zero-order valence-electron chi connectivity index (χ0n) is 8.37. The molecule has 0 aliphatic heterocycles. The Hall–Kier alpha value is -2.15. The van der Waals surface area contributed by atoms with Crippen LogP contribution in [0.1, 0.15) is 5.56 Å². The predicted octanol–water partition coefficient (Wildman–Crippen LogP) is 1.68. The predicted molar refractivity (Wildman–Crippen MR) is 59.3 cm³/mol. The highest BCUT2D eigenvalue weighted by Crippen LogP contribution is 2.20. The van der Waals surface area contributed by atoms with Gasteiger partial charge in [-0.2, -0.15) is 0 Å². The molecule has 0 unspecified atom stereocenters. The van der Waals surface area contributed by atoms with E-state index >= 15 is 0 Å². The maximum absolute atomic E-state index is 10.6. The summed E-state index contributed by atoms with van der Waals surface area (Å²) in [5, 5.41) is 22.5. The van der Waals surface area contributed by atoms with Gasteiger partial charge in [-0.1, -0.05) is 16.8 Å². The maximum Gasteiger partial charge on any atom is 0.344 e. The van der Waals surface area contributed by atoms with E-state index in [1.54, 1.807) is 0 Å². The van der Waals surface area contributed by atoms with Gasteiger partial charge in [0.05, 0.1) is 16.7 Å². The maximum atomic E-state index is 10.6. The number of aliphatic carboxylic acids is 1. The van der Waals surface area contributed by atoms with Crippen LogP contribution in [0, 0.1) is 10.1 Å². The lowest BCUT2D eigenvalue weighted by Crippen LogP contribution is -2.03. The van der Waals surface area contributed by atoms with Crippen molar-refractivity contribution in [3.63, 3.8) is 0 Å². The first-order valence-electron chi connectivity index (χ1n) is 4.32. The third-order valence-electron chi connectivity index (χ3n) is 1.64. The van der Waals surface area contributed by atoms with Crippen LogP contribution < -0.4 is 0 Å². The first kappa shape index (κ1) is 12.9. The van der Waals surface area contributed by atoms with Crippen molar-refractivity contribution in [2.24, 2.45) is 5.16 Å². The molecular weight excluding hydrogens is 252 g/mol. The van der Waals surface area contributed by atoms with E-state index in [0.717, 1.165) is 6.21 Å². The van der Waals surface area contributed by atoms with Crippen LogP contribution in [0.5, 0.6) is 0 Å². The Morgan fingerprint density at radius 3 is 2.94 bits per heavy atom. The topological polar surface area (TPSA) is 102 Å². The molecule has 0 saturated carbocycles. The van der Waals surface area contributed by atoms with Gasteiger partial charge in [-0.3, -0.25) is 10.1 Å². The van der Waals surface area contributed by atoms with Crippen LogP contribution in [0.3, 0.4) is 0 Å². The number of carbonyl (C=O) groups is 1. The highest BCUT2D eigenvalue weighted by atomic mass is 35.5. The van der Waals surface area contributed by atoms with Crippen LogP contribution in [-0.4, -0.2) is 28.8 Å². The van der Waals surface area contributed by atoms with Crippen molar-refractivity contribution in [1.29, 1.82) is 0 Å². The molecule has 7 nitrogen and oxygen atoms in total. The molecule has 0 saturated heterocycles. The number of hydrogen-bond acceptors (Lipinski definition) is 5. The van der Waals surface area contributed by atoms with Gasteiger partial charge in [-0.15, -0.1) is 0 Å². The van der Waals surface area contributed by atoms with Crippen LogP contribution in [0.4, 0.5) is 5.69 Å². The van der Waals surface area contributed by atoms with E-state index in [2.05, 4.69) is 9.99 Å². The highest BCUT2D eigenvalue weighted by Gasteiger charge is 2.12. The fourth-order valence-electron chi connectivity index (χ4n) is 0.982. The zero-order valence-corrected chi connectivity index (χ0v) is 9.13. The number of nitro benzene ring substituents is 1. The third kappa shape index (κ3) is 4.07. The summed E-state index contributed by atoms with van der Waals surface area (Å²) >= 11 is 5.67. The summed E-state index contributed by atoms with van der Waals surface area (Å²) in [6, 6.07) is 3.92. The van der Waals surface area contributed by atoms with Gasteiger partial charge in [0, 0.05) is 11.1 Å². The Labute approximate surface area is 100 Å². The molecule has 1 rings (SSSR count). The smallest absolute Gasteiger partial charge is 0.344 e. The van der Waals surface area contributed by atoms with Crippen LogP contribution in [0.2, 0.25) is 5.02 Å². The lowest BCUT2D eigenvalue weighted by Gasteiger charge is -1.97. The number of rotatable bonds is 5. The van der Waals surface area contributed by atoms with Gasteiger partial charge in [0.1, 0.15) is 0 Å². The summed E-state index contributed by atoms with van der Waals surface area (Å²) in [4.78, 5) is 24.5. The quantitative estimate of drug-likeness (QED) is 0.492. The summed E-state index contributed by atoms with van der Waals surface area (Å²) in [5.74, 6) is -1.19. The van der Waals surface area contributed by atoms with Crippen LogP contribution in [0.15, 0.2) is 23.4 Å². The van der Waals surface area contributed by atoms with Crippen molar-refractivity contribution >= 4 is 29.5 Å². The van der Waals surface area contributed by atoms with Crippen molar-refractivity contribution in [2.75, 3.05) is 6.61 Å². The Morgan fingerprint density at radius 2 is 2.35 bits per heavy atom. The molecule has 0 radical (unpaired) electrons. The summed E-state index contributed by atoms with van der Waals surface area (Å²) in [6.07, 6.45) is 1.03. The normalized spacial score (nSPS) is 10.4. The third-order valence-corrected chi connectivity index (χ3v) is 1.88. The second-order valence-electron chi connectivity index (χ2n) is 2.86. The second-order valence-corrected chi connectivity index (χ2v) is 3.30. The van der Waals surface area contributed by atoms with Crippen LogP contribution >= 0.6 is 11.6 Å². The molecule has 0 spiro atoms. The minimum atomic E-state index is -1.19. The molecule has 0 bridgehead atoms. The summed E-state index contributed by atoms with van der Waals surface area (Å²) < 4.78 is 0. The fraction of sp³-hybridized carbons (Fsp3) is 0.111. The van der Waals surface area contributed by atoms with Gasteiger partial charge in [-0.25, -0.2) is 4.79 Å². The van der Waals surface area contributed by atoms with Crippen molar-refractivity contribution in [3.05, 3.63) is 38.9 Å². The van der Waals surface area contributed by atoms with Crippen molar-refractivity contribution in [3.8, 4) is 0 Å². The van der Waals surface area contributed by atoms with E-state index in [4.69, 9.17) is 16.7 Å². The van der Waals surface area contributed by atoms with E-state index in [9.17, 15) is 14.9 Å². The molecule has 0 aromatic heterocycles. The van der Waals surface area contributed by atoms with Crippen molar-refractivity contribution < 1.29 is 19.7 Å². The molecule has 0 fully saturated rings. The summed E-state index contributed by atoms with van der Waals surface area (Å²) in [5.41, 5.74) is -0.0648. The number of nitrogens with zero attached hydrogens (tertiary/aromatic N) is 2. The van der Waals surface area contributed by atoms with Gasteiger partial charge < -0.3 is 9.94 Å². The van der Waals surface area contributed by atoms with Gasteiger partial charge in [-0.05, 0) is 12.1 Å². The molecule has 90 valence electrons. The van der Waals surface area contributed by atoms with Gasteiger partial charge in [0.25, 0.3) is 5.69 Å². The number of oxime groups is 1. The molecule has 0 aliphatic carbocycles. The van der Waals surface area contributed by atoms with E-state index in [1.165, 1.54) is 18.2 Å². The van der Waals surface area contributed by atoms with Crippen molar-refractivity contribution in [2.45, 2.75) is 0 Å². The SMILES string of the molecule is O=C(O)CO/N=C/c1cc(Cl)ccc1[N+](=O)[O-]. The largest absolute Gasteiger partial charge is 0.479 e. The molecule has 0 amide bonds. The number of carboxylic acids is 1. The van der Waals surface area contributed by atoms with Crippen molar-refractivity contribution in [1.82, 2.24) is 0 Å². The first-order chi connectivity index (χ1) is 8.00. The minimum Gasteiger partial charge on any atom is -0.479 e. The molecule has 0 atom stereocenters. The van der Waals surface area contributed by atoms with Gasteiger partial charge >= 0.3 is 5.97 Å². The summed E-state index contributed by atoms with van der Waals surface area (Å²) in [6.45, 7) is -0.620. The zero-order chi connectivity index (χ0) is 12.8.